The molecule has 3 aliphatic rings. The molecule has 5 rings (SSSR count). The standard InChI is InChI=1S/C29H36N2O6/c1-5-36-27(35)23-22-26(34)31(21(16-32)14-17(2)3)24(29(22)13-12-28(23,4)37-29)25(33)30-20-11-10-18-8-6-7-9-19(18)15-20/h6-11,15,17,21-24,32H,5,12-14,16H2,1-4H3,(H,30,33)/t21-,22+,23-,24?,28+,29?/m1/s1. The van der Waals surface area contributed by atoms with E-state index in [0.29, 0.717) is 24.9 Å². The number of carbonyl (C=O) groups excluding carboxylic acids is 3. The van der Waals surface area contributed by atoms with Gasteiger partial charge in [-0.1, -0.05) is 44.2 Å². The van der Waals surface area contributed by atoms with Crippen molar-refractivity contribution in [3.8, 4) is 0 Å². The molecule has 0 saturated carbocycles. The zero-order valence-corrected chi connectivity index (χ0v) is 21.9. The number of aliphatic hydroxyl groups is 1. The Morgan fingerprint density at radius 1 is 1.19 bits per heavy atom. The molecule has 1 spiro atoms. The summed E-state index contributed by atoms with van der Waals surface area (Å²) in [6, 6.07) is 12.0. The van der Waals surface area contributed by atoms with Crippen LogP contribution in [0, 0.1) is 17.8 Å². The second-order valence-electron chi connectivity index (χ2n) is 11.2. The molecule has 198 valence electrons. The van der Waals surface area contributed by atoms with E-state index in [-0.39, 0.29) is 30.9 Å². The molecule has 3 aliphatic heterocycles. The summed E-state index contributed by atoms with van der Waals surface area (Å²) in [4.78, 5) is 42.8. The van der Waals surface area contributed by atoms with Crippen LogP contribution in [-0.2, 0) is 23.9 Å². The average molecular weight is 509 g/mol. The van der Waals surface area contributed by atoms with Gasteiger partial charge in [0.2, 0.25) is 11.8 Å². The van der Waals surface area contributed by atoms with E-state index in [0.717, 1.165) is 10.8 Å². The number of carbonyl (C=O) groups is 3. The molecule has 0 aromatic heterocycles. The van der Waals surface area contributed by atoms with Gasteiger partial charge in [0.1, 0.15) is 17.6 Å². The van der Waals surface area contributed by atoms with Gasteiger partial charge in [-0.05, 0) is 61.9 Å². The largest absolute Gasteiger partial charge is 0.466 e. The van der Waals surface area contributed by atoms with Crippen molar-refractivity contribution in [2.75, 3.05) is 18.5 Å². The van der Waals surface area contributed by atoms with E-state index in [9.17, 15) is 19.5 Å². The van der Waals surface area contributed by atoms with Crippen LogP contribution in [0.1, 0.15) is 47.0 Å². The summed E-state index contributed by atoms with van der Waals surface area (Å²) in [5, 5.41) is 15.4. The molecular weight excluding hydrogens is 472 g/mol. The predicted octanol–water partition coefficient (Wildman–Crippen LogP) is 3.51. The minimum atomic E-state index is -1.16. The van der Waals surface area contributed by atoms with E-state index in [2.05, 4.69) is 5.32 Å². The molecule has 2 aromatic rings. The summed E-state index contributed by atoms with van der Waals surface area (Å²) in [6.07, 6.45) is 1.54. The highest BCUT2D eigenvalue weighted by atomic mass is 16.6. The van der Waals surface area contributed by atoms with E-state index >= 15 is 0 Å². The number of ether oxygens (including phenoxy) is 2. The van der Waals surface area contributed by atoms with Crippen LogP contribution in [0.2, 0.25) is 0 Å². The molecule has 2 aromatic carbocycles. The number of amides is 2. The number of anilines is 1. The molecule has 2 N–H and O–H groups in total. The number of benzene rings is 2. The zero-order valence-electron chi connectivity index (χ0n) is 21.9. The Morgan fingerprint density at radius 3 is 2.59 bits per heavy atom. The normalized spacial score (nSPS) is 31.1. The van der Waals surface area contributed by atoms with Crippen LogP contribution in [0.25, 0.3) is 10.8 Å². The number of aliphatic hydroxyl groups excluding tert-OH is 1. The Morgan fingerprint density at radius 2 is 1.92 bits per heavy atom. The fourth-order valence-electron chi connectivity index (χ4n) is 6.94. The lowest BCUT2D eigenvalue weighted by atomic mass is 9.66. The molecule has 0 aliphatic carbocycles. The van der Waals surface area contributed by atoms with E-state index in [1.165, 1.54) is 4.90 Å². The Kier molecular flexibility index (Phi) is 6.52. The molecule has 37 heavy (non-hydrogen) atoms. The third-order valence-electron chi connectivity index (χ3n) is 8.37. The Hall–Kier alpha value is -2.97. The molecular formula is C29H36N2O6. The molecule has 6 atom stereocenters. The maximum absolute atomic E-state index is 14.1. The third kappa shape index (κ3) is 4.01. The molecule has 3 fully saturated rings. The van der Waals surface area contributed by atoms with Gasteiger partial charge in [0.25, 0.3) is 0 Å². The van der Waals surface area contributed by atoms with E-state index in [4.69, 9.17) is 9.47 Å². The van der Waals surface area contributed by atoms with Crippen molar-refractivity contribution < 1.29 is 29.0 Å². The van der Waals surface area contributed by atoms with Gasteiger partial charge in [-0.3, -0.25) is 14.4 Å². The van der Waals surface area contributed by atoms with Crippen LogP contribution in [-0.4, -0.2) is 64.3 Å². The van der Waals surface area contributed by atoms with Crippen molar-refractivity contribution in [3.05, 3.63) is 42.5 Å². The summed E-state index contributed by atoms with van der Waals surface area (Å²) < 4.78 is 12.0. The van der Waals surface area contributed by atoms with Crippen molar-refractivity contribution in [2.45, 2.75) is 70.2 Å². The third-order valence-corrected chi connectivity index (χ3v) is 8.37. The lowest BCUT2D eigenvalue weighted by Gasteiger charge is -2.37. The lowest BCUT2D eigenvalue weighted by molar-refractivity contribution is -0.160. The number of likely N-dealkylation sites (tertiary alicyclic amines) is 1. The summed E-state index contributed by atoms with van der Waals surface area (Å²) in [7, 11) is 0. The van der Waals surface area contributed by atoms with Crippen molar-refractivity contribution in [1.82, 2.24) is 4.90 Å². The highest BCUT2D eigenvalue weighted by molar-refractivity contribution is 6.04. The first-order valence-corrected chi connectivity index (χ1v) is 13.2. The Bertz CT molecular complexity index is 1230. The summed E-state index contributed by atoms with van der Waals surface area (Å²) >= 11 is 0. The Balaban J connectivity index is 1.56. The highest BCUT2D eigenvalue weighted by Gasteiger charge is 2.78. The number of rotatable bonds is 8. The number of fused-ring (bicyclic) bond motifs is 2. The molecule has 8 nitrogen and oxygen atoms in total. The SMILES string of the molecule is CCOC(=O)[C@H]1[C@H]2C(=O)N([C@@H](CO)CC(C)C)C(C(=O)Nc3ccc4ccccc4c3)C23CC[C@]1(C)O3. The van der Waals surface area contributed by atoms with Gasteiger partial charge in [0.05, 0.1) is 30.8 Å². The first kappa shape index (κ1) is 25.7. The van der Waals surface area contributed by atoms with Crippen LogP contribution in [0.4, 0.5) is 5.69 Å². The quantitative estimate of drug-likeness (QED) is 0.529. The van der Waals surface area contributed by atoms with E-state index < -0.39 is 41.1 Å². The maximum atomic E-state index is 14.1. The van der Waals surface area contributed by atoms with Crippen LogP contribution < -0.4 is 5.32 Å². The first-order chi connectivity index (χ1) is 17.6. The summed E-state index contributed by atoms with van der Waals surface area (Å²) in [6.45, 7) is 7.51. The van der Waals surface area contributed by atoms with Crippen molar-refractivity contribution in [3.63, 3.8) is 0 Å². The Labute approximate surface area is 217 Å². The topological polar surface area (TPSA) is 105 Å². The van der Waals surface area contributed by atoms with Gasteiger partial charge in [-0.2, -0.15) is 0 Å². The fourth-order valence-corrected chi connectivity index (χ4v) is 6.94. The number of nitrogens with one attached hydrogen (secondary N) is 1. The lowest BCUT2D eigenvalue weighted by Crippen LogP contribution is -2.56. The fraction of sp³-hybridized carbons (Fsp3) is 0.552. The minimum absolute atomic E-state index is 0.183. The van der Waals surface area contributed by atoms with E-state index in [1.807, 2.05) is 63.2 Å². The monoisotopic (exact) mass is 508 g/mol. The summed E-state index contributed by atoms with van der Waals surface area (Å²) in [5.41, 5.74) is -1.43. The highest BCUT2D eigenvalue weighted by Crippen LogP contribution is 2.63. The average Bonchev–Trinajstić information content (AvgIpc) is 3.43. The first-order valence-electron chi connectivity index (χ1n) is 13.2. The van der Waals surface area contributed by atoms with Crippen LogP contribution in [0.3, 0.4) is 0 Å². The molecule has 3 heterocycles. The van der Waals surface area contributed by atoms with Crippen LogP contribution in [0.15, 0.2) is 42.5 Å². The minimum Gasteiger partial charge on any atom is -0.466 e. The van der Waals surface area contributed by atoms with E-state index in [1.54, 1.807) is 6.92 Å². The van der Waals surface area contributed by atoms with Gasteiger partial charge in [0.15, 0.2) is 0 Å². The zero-order chi connectivity index (χ0) is 26.5. The second-order valence-corrected chi connectivity index (χ2v) is 11.2. The van der Waals surface area contributed by atoms with Crippen LogP contribution in [0.5, 0.6) is 0 Å². The van der Waals surface area contributed by atoms with Gasteiger partial charge < -0.3 is 24.8 Å². The molecule has 3 saturated heterocycles. The van der Waals surface area contributed by atoms with Crippen molar-refractivity contribution in [1.29, 1.82) is 0 Å². The van der Waals surface area contributed by atoms with Crippen molar-refractivity contribution in [2.24, 2.45) is 17.8 Å². The number of hydrogen-bond donors (Lipinski definition) is 2. The number of nitrogens with zero attached hydrogens (tertiary/aromatic N) is 1. The molecule has 8 heteroatoms. The van der Waals surface area contributed by atoms with Crippen LogP contribution >= 0.6 is 0 Å². The molecule has 2 bridgehead atoms. The summed E-state index contributed by atoms with van der Waals surface area (Å²) in [5.74, 6) is -2.61. The van der Waals surface area contributed by atoms with Gasteiger partial charge in [0, 0.05) is 5.69 Å². The second kappa shape index (κ2) is 9.40. The molecule has 0 radical (unpaired) electrons. The van der Waals surface area contributed by atoms with Gasteiger partial charge >= 0.3 is 5.97 Å². The predicted molar refractivity (Wildman–Crippen MR) is 139 cm³/mol. The van der Waals surface area contributed by atoms with Gasteiger partial charge in [-0.15, -0.1) is 0 Å². The maximum Gasteiger partial charge on any atom is 0.312 e. The smallest absolute Gasteiger partial charge is 0.312 e. The number of hydrogen-bond acceptors (Lipinski definition) is 6. The molecule has 2 amide bonds. The molecule has 2 unspecified atom stereocenters. The van der Waals surface area contributed by atoms with Crippen molar-refractivity contribution >= 4 is 34.2 Å². The van der Waals surface area contributed by atoms with Gasteiger partial charge in [-0.25, -0.2) is 0 Å². The number of esters is 1.